The molecule has 0 fully saturated rings. The fraction of sp³-hybridized carbons (Fsp3) is 0.385. The SMILES string of the molecule is COc1cc(C2OCCc3c(-c4cc(O)c(O)c5c4C[C@H](C)OC5)c(OC)cc(OC)c32)cc(OC)c1OC.COc1cccc(OC)c1OC. The second kappa shape index (κ2) is 16.2. The smallest absolute Gasteiger partial charge is 0.203 e. The number of fused-ring (bicyclic) bond motifs is 2. The molecule has 12 heteroatoms. The van der Waals surface area contributed by atoms with E-state index in [1.165, 1.54) is 0 Å². The molecular weight excluding hydrogens is 660 g/mol. The molecule has 274 valence electrons. The van der Waals surface area contributed by atoms with Gasteiger partial charge in [-0.15, -0.1) is 0 Å². The highest BCUT2D eigenvalue weighted by atomic mass is 16.5. The predicted octanol–water partition coefficient (Wildman–Crippen LogP) is 6.64. The van der Waals surface area contributed by atoms with Crippen LogP contribution in [-0.2, 0) is 28.9 Å². The number of ether oxygens (including phenoxy) is 10. The summed E-state index contributed by atoms with van der Waals surface area (Å²) in [5, 5.41) is 21.4. The van der Waals surface area contributed by atoms with Crippen LogP contribution in [-0.4, -0.2) is 79.8 Å². The van der Waals surface area contributed by atoms with E-state index in [9.17, 15) is 10.2 Å². The van der Waals surface area contributed by atoms with Crippen LogP contribution in [0.5, 0.6) is 57.5 Å². The third kappa shape index (κ3) is 7.06. The predicted molar refractivity (Wildman–Crippen MR) is 190 cm³/mol. The summed E-state index contributed by atoms with van der Waals surface area (Å²) in [7, 11) is 12.7. The topological polar surface area (TPSA) is 133 Å². The van der Waals surface area contributed by atoms with Crippen LogP contribution in [0.4, 0.5) is 0 Å². The molecule has 0 spiro atoms. The summed E-state index contributed by atoms with van der Waals surface area (Å²) in [6, 6.07) is 12.7. The number of hydrogen-bond donors (Lipinski definition) is 2. The monoisotopic (exact) mass is 706 g/mol. The maximum atomic E-state index is 10.7. The van der Waals surface area contributed by atoms with Gasteiger partial charge in [-0.1, -0.05) is 6.07 Å². The number of benzene rings is 4. The average Bonchev–Trinajstić information content (AvgIpc) is 3.17. The molecule has 2 heterocycles. The standard InChI is InChI=1S/C30H34O9.C9H12O3/c1-15-9-18-19(12-21(31)28(32)20(18)14-39-15)26-17-7-8-38-29(27(17)23(34-3)13-22(26)33-2)16-10-24(35-4)30(37-6)25(11-16)36-5;1-10-7-5-4-6-8(11-2)9(7)12-3/h10-13,15,29,31-32H,7-9,14H2,1-6H3;4-6H,1-3H3/t15-,29?;/m0./s1. The van der Waals surface area contributed by atoms with Crippen molar-refractivity contribution < 1.29 is 57.6 Å². The fourth-order valence-electron chi connectivity index (χ4n) is 6.71. The second-order valence-corrected chi connectivity index (χ2v) is 11.8. The molecule has 2 atom stereocenters. The van der Waals surface area contributed by atoms with Gasteiger partial charge < -0.3 is 57.6 Å². The van der Waals surface area contributed by atoms with Gasteiger partial charge in [0.1, 0.15) is 17.6 Å². The van der Waals surface area contributed by atoms with Crippen LogP contribution in [0.3, 0.4) is 0 Å². The van der Waals surface area contributed by atoms with Crippen molar-refractivity contribution in [1.82, 2.24) is 0 Å². The molecule has 0 aliphatic carbocycles. The van der Waals surface area contributed by atoms with Crippen molar-refractivity contribution in [3.05, 3.63) is 70.3 Å². The van der Waals surface area contributed by atoms with Crippen LogP contribution in [0.15, 0.2) is 42.5 Å². The number of rotatable bonds is 10. The zero-order chi connectivity index (χ0) is 36.8. The van der Waals surface area contributed by atoms with E-state index in [1.807, 2.05) is 43.3 Å². The Bertz CT molecular complexity index is 1810. The van der Waals surface area contributed by atoms with Crippen LogP contribution < -0.4 is 37.9 Å². The van der Waals surface area contributed by atoms with Crippen molar-refractivity contribution in [2.75, 3.05) is 63.5 Å². The van der Waals surface area contributed by atoms with Crippen molar-refractivity contribution >= 4 is 0 Å². The summed E-state index contributed by atoms with van der Waals surface area (Å²) in [4.78, 5) is 0. The molecule has 6 rings (SSSR count). The molecule has 2 aliphatic heterocycles. The average molecular weight is 707 g/mol. The minimum Gasteiger partial charge on any atom is -0.504 e. The van der Waals surface area contributed by atoms with Gasteiger partial charge >= 0.3 is 0 Å². The van der Waals surface area contributed by atoms with Crippen LogP contribution >= 0.6 is 0 Å². The molecule has 0 aromatic heterocycles. The van der Waals surface area contributed by atoms with E-state index in [0.29, 0.717) is 71.0 Å². The van der Waals surface area contributed by atoms with Gasteiger partial charge in [-0.05, 0) is 72.4 Å². The first kappa shape index (κ1) is 37.1. The molecule has 4 aromatic carbocycles. The van der Waals surface area contributed by atoms with Gasteiger partial charge in [0.2, 0.25) is 11.5 Å². The van der Waals surface area contributed by atoms with Crippen molar-refractivity contribution in [1.29, 1.82) is 0 Å². The summed E-state index contributed by atoms with van der Waals surface area (Å²) in [6.07, 6.45) is 0.609. The van der Waals surface area contributed by atoms with Gasteiger partial charge in [0.05, 0.1) is 76.2 Å². The number of phenols is 2. The van der Waals surface area contributed by atoms with Crippen LogP contribution in [0, 0.1) is 0 Å². The van der Waals surface area contributed by atoms with Crippen molar-refractivity contribution in [2.45, 2.75) is 38.6 Å². The molecular formula is C39H46O12. The number of methoxy groups -OCH3 is 8. The zero-order valence-corrected chi connectivity index (χ0v) is 30.5. The molecule has 0 radical (unpaired) electrons. The Morgan fingerprint density at radius 2 is 1.18 bits per heavy atom. The molecule has 2 aliphatic rings. The third-order valence-corrected chi connectivity index (χ3v) is 9.09. The number of phenolic OH excluding ortho intramolecular Hbond substituents is 2. The summed E-state index contributed by atoms with van der Waals surface area (Å²) < 4.78 is 55.9. The molecule has 1 unspecified atom stereocenters. The molecule has 0 saturated carbocycles. The summed E-state index contributed by atoms with van der Waals surface area (Å²) in [5.74, 6) is 4.35. The summed E-state index contributed by atoms with van der Waals surface area (Å²) in [5.41, 5.74) is 5.75. The largest absolute Gasteiger partial charge is 0.504 e. The van der Waals surface area contributed by atoms with E-state index in [-0.39, 0.29) is 24.2 Å². The first-order valence-electron chi connectivity index (χ1n) is 16.3. The summed E-state index contributed by atoms with van der Waals surface area (Å²) >= 11 is 0. The van der Waals surface area contributed by atoms with Crippen molar-refractivity contribution in [3.8, 4) is 68.6 Å². The lowest BCUT2D eigenvalue weighted by Crippen LogP contribution is -2.22. The minimum atomic E-state index is -0.508. The molecule has 2 N–H and O–H groups in total. The molecule has 0 saturated heterocycles. The maximum Gasteiger partial charge on any atom is 0.203 e. The first-order valence-corrected chi connectivity index (χ1v) is 16.3. The van der Waals surface area contributed by atoms with Crippen LogP contribution in [0.1, 0.15) is 40.8 Å². The van der Waals surface area contributed by atoms with E-state index in [1.54, 1.807) is 62.9 Å². The molecule has 4 aromatic rings. The molecule has 0 bridgehead atoms. The highest BCUT2D eigenvalue weighted by Gasteiger charge is 2.35. The Morgan fingerprint density at radius 1 is 0.608 bits per heavy atom. The number of hydrogen-bond acceptors (Lipinski definition) is 12. The van der Waals surface area contributed by atoms with Gasteiger partial charge in [0.25, 0.3) is 0 Å². The molecule has 12 nitrogen and oxygen atoms in total. The van der Waals surface area contributed by atoms with E-state index in [2.05, 4.69) is 0 Å². The van der Waals surface area contributed by atoms with E-state index in [4.69, 9.17) is 47.4 Å². The van der Waals surface area contributed by atoms with Gasteiger partial charge in [-0.25, -0.2) is 0 Å². The lowest BCUT2D eigenvalue weighted by atomic mass is 9.82. The normalized spacial score (nSPS) is 16.0. The zero-order valence-electron chi connectivity index (χ0n) is 30.5. The van der Waals surface area contributed by atoms with Crippen molar-refractivity contribution in [3.63, 3.8) is 0 Å². The maximum absolute atomic E-state index is 10.7. The minimum absolute atomic E-state index is 0.0458. The fourth-order valence-corrected chi connectivity index (χ4v) is 6.71. The second-order valence-electron chi connectivity index (χ2n) is 11.8. The Kier molecular flexibility index (Phi) is 11.8. The lowest BCUT2D eigenvalue weighted by Gasteiger charge is -2.33. The Morgan fingerprint density at radius 3 is 1.73 bits per heavy atom. The Hall–Kier alpha value is -5.20. The van der Waals surface area contributed by atoms with E-state index < -0.39 is 6.10 Å². The molecule has 51 heavy (non-hydrogen) atoms. The number of para-hydroxylation sites is 1. The summed E-state index contributed by atoms with van der Waals surface area (Å²) in [6.45, 7) is 2.64. The highest BCUT2D eigenvalue weighted by Crippen LogP contribution is 2.52. The van der Waals surface area contributed by atoms with Gasteiger partial charge in [0.15, 0.2) is 34.5 Å². The number of aromatic hydroxyl groups is 2. The molecule has 0 amide bonds. The van der Waals surface area contributed by atoms with Gasteiger partial charge in [0, 0.05) is 22.8 Å². The Labute approximate surface area is 298 Å². The third-order valence-electron chi connectivity index (χ3n) is 9.09. The van der Waals surface area contributed by atoms with Crippen LogP contribution in [0.2, 0.25) is 0 Å². The van der Waals surface area contributed by atoms with Crippen LogP contribution in [0.25, 0.3) is 11.1 Å². The highest BCUT2D eigenvalue weighted by molar-refractivity contribution is 5.83. The van der Waals surface area contributed by atoms with Gasteiger partial charge in [-0.2, -0.15) is 0 Å². The van der Waals surface area contributed by atoms with Crippen molar-refractivity contribution in [2.24, 2.45) is 0 Å². The Balaban J connectivity index is 0.000000357. The van der Waals surface area contributed by atoms with E-state index >= 15 is 0 Å². The first-order chi connectivity index (χ1) is 24.7. The van der Waals surface area contributed by atoms with E-state index in [0.717, 1.165) is 33.4 Å². The lowest BCUT2D eigenvalue weighted by molar-refractivity contribution is 0.0396. The quantitative estimate of drug-likeness (QED) is 0.171. The van der Waals surface area contributed by atoms with Gasteiger partial charge in [-0.3, -0.25) is 0 Å².